The Kier molecular flexibility index (Phi) is 7.58. The summed E-state index contributed by atoms with van der Waals surface area (Å²) in [6, 6.07) is 10.3. The second-order valence-electron chi connectivity index (χ2n) is 7.85. The molecule has 2 amide bonds. The third kappa shape index (κ3) is 5.05. The minimum atomic E-state index is -4.90. The van der Waals surface area contributed by atoms with E-state index in [-0.39, 0.29) is 40.7 Å². The van der Waals surface area contributed by atoms with E-state index >= 15 is 0 Å². The largest absolute Gasteiger partial charge is 0.493 e. The van der Waals surface area contributed by atoms with Crippen molar-refractivity contribution in [2.45, 2.75) is 45.1 Å². The van der Waals surface area contributed by atoms with Crippen LogP contribution in [-0.4, -0.2) is 50.1 Å². The maximum absolute atomic E-state index is 14.0. The first-order valence-corrected chi connectivity index (χ1v) is 10.8. The topological polar surface area (TPSA) is 68.3 Å². The highest BCUT2D eigenvalue weighted by atomic mass is 19.4. The average Bonchev–Trinajstić information content (AvgIpc) is 2.80. The standard InChI is InChI=1S/C24H27F3N2O5/c1-5-34-23(31)29-15(2)11-18(17-12-20(32-3)21(33-4)13-19(17)29)22(30)28(24(25,26)27)14-16-9-7-6-8-10-16/h6-10,12-13,15,18H,5,11,14H2,1-4H3. The molecule has 2 unspecified atom stereocenters. The summed E-state index contributed by atoms with van der Waals surface area (Å²) in [6.45, 7) is 2.80. The molecule has 0 N–H and O–H groups in total. The van der Waals surface area contributed by atoms with Gasteiger partial charge in [0, 0.05) is 12.1 Å². The molecule has 0 fully saturated rings. The van der Waals surface area contributed by atoms with Crippen molar-refractivity contribution >= 4 is 17.7 Å². The summed E-state index contributed by atoms with van der Waals surface area (Å²) in [6.07, 6.45) is -5.58. The van der Waals surface area contributed by atoms with Crippen LogP contribution in [0.4, 0.5) is 23.7 Å². The number of carbonyl (C=O) groups is 2. The Morgan fingerprint density at radius 1 is 1.09 bits per heavy atom. The zero-order valence-electron chi connectivity index (χ0n) is 19.4. The number of amides is 2. The number of carbonyl (C=O) groups excluding carboxylic acids is 2. The molecule has 10 heteroatoms. The second-order valence-corrected chi connectivity index (χ2v) is 7.85. The normalized spacial score (nSPS) is 17.6. The van der Waals surface area contributed by atoms with Crippen molar-refractivity contribution in [3.05, 3.63) is 53.6 Å². The number of hydrogen-bond acceptors (Lipinski definition) is 5. The van der Waals surface area contributed by atoms with Gasteiger partial charge in [-0.05, 0) is 37.5 Å². The monoisotopic (exact) mass is 480 g/mol. The van der Waals surface area contributed by atoms with Crippen LogP contribution < -0.4 is 14.4 Å². The summed E-state index contributed by atoms with van der Waals surface area (Å²) in [5.41, 5.74) is 0.823. The Balaban J connectivity index is 2.10. The summed E-state index contributed by atoms with van der Waals surface area (Å²) < 4.78 is 57.9. The number of benzene rings is 2. The summed E-state index contributed by atoms with van der Waals surface area (Å²) in [4.78, 5) is 27.4. The Bertz CT molecular complexity index is 1030. The number of anilines is 1. The lowest BCUT2D eigenvalue weighted by molar-refractivity contribution is -0.244. The average molecular weight is 480 g/mol. The van der Waals surface area contributed by atoms with E-state index in [1.807, 2.05) is 0 Å². The molecule has 1 aliphatic heterocycles. The fourth-order valence-corrected chi connectivity index (χ4v) is 4.13. The van der Waals surface area contributed by atoms with Crippen molar-refractivity contribution in [1.82, 2.24) is 4.90 Å². The van der Waals surface area contributed by atoms with E-state index in [0.717, 1.165) is 0 Å². The zero-order valence-corrected chi connectivity index (χ0v) is 19.4. The number of rotatable bonds is 6. The number of halogens is 3. The quantitative estimate of drug-likeness (QED) is 0.539. The molecular formula is C24H27F3N2O5. The van der Waals surface area contributed by atoms with Gasteiger partial charge >= 0.3 is 12.4 Å². The maximum Gasteiger partial charge on any atom is 0.487 e. The number of methoxy groups -OCH3 is 2. The van der Waals surface area contributed by atoms with E-state index in [1.165, 1.54) is 43.4 Å². The van der Waals surface area contributed by atoms with E-state index in [1.54, 1.807) is 32.0 Å². The third-order valence-electron chi connectivity index (χ3n) is 5.70. The molecule has 0 saturated heterocycles. The molecule has 1 aliphatic rings. The van der Waals surface area contributed by atoms with Gasteiger partial charge in [0.15, 0.2) is 11.5 Å². The lowest BCUT2D eigenvalue weighted by Gasteiger charge is -2.40. The van der Waals surface area contributed by atoms with Crippen LogP contribution in [0, 0.1) is 0 Å². The van der Waals surface area contributed by atoms with Crippen molar-refractivity contribution in [3.63, 3.8) is 0 Å². The molecule has 34 heavy (non-hydrogen) atoms. The zero-order chi connectivity index (χ0) is 25.0. The Morgan fingerprint density at radius 2 is 1.71 bits per heavy atom. The van der Waals surface area contributed by atoms with Gasteiger partial charge < -0.3 is 14.2 Å². The van der Waals surface area contributed by atoms with Crippen LogP contribution in [0.25, 0.3) is 0 Å². The molecular weight excluding hydrogens is 453 g/mol. The van der Waals surface area contributed by atoms with Crippen LogP contribution in [0.3, 0.4) is 0 Å². The van der Waals surface area contributed by atoms with Crippen molar-refractivity contribution in [1.29, 1.82) is 0 Å². The van der Waals surface area contributed by atoms with Crippen LogP contribution in [0.1, 0.15) is 37.3 Å². The summed E-state index contributed by atoms with van der Waals surface area (Å²) in [5, 5.41) is 0. The molecule has 3 rings (SSSR count). The van der Waals surface area contributed by atoms with Gasteiger partial charge in [0.2, 0.25) is 5.91 Å². The van der Waals surface area contributed by atoms with E-state index in [2.05, 4.69) is 0 Å². The minimum absolute atomic E-state index is 0.0263. The van der Waals surface area contributed by atoms with E-state index in [0.29, 0.717) is 5.56 Å². The summed E-state index contributed by atoms with van der Waals surface area (Å²) >= 11 is 0. The molecule has 2 aromatic rings. The van der Waals surface area contributed by atoms with Gasteiger partial charge in [0.1, 0.15) is 0 Å². The van der Waals surface area contributed by atoms with E-state index < -0.39 is 36.8 Å². The SMILES string of the molecule is CCOC(=O)N1c2cc(OC)c(OC)cc2C(C(=O)N(Cc2ccccc2)C(F)(F)F)CC1C. The van der Waals surface area contributed by atoms with Gasteiger partial charge in [-0.15, -0.1) is 13.2 Å². The van der Waals surface area contributed by atoms with E-state index in [4.69, 9.17) is 14.2 Å². The number of alkyl halides is 3. The van der Waals surface area contributed by atoms with Gasteiger partial charge in [0.25, 0.3) is 0 Å². The van der Waals surface area contributed by atoms with Gasteiger partial charge in [0.05, 0.1) is 39.0 Å². The van der Waals surface area contributed by atoms with Crippen molar-refractivity contribution < 1.29 is 37.0 Å². The minimum Gasteiger partial charge on any atom is -0.493 e. The smallest absolute Gasteiger partial charge is 0.487 e. The van der Waals surface area contributed by atoms with Crippen molar-refractivity contribution in [2.24, 2.45) is 0 Å². The third-order valence-corrected chi connectivity index (χ3v) is 5.70. The first kappa shape index (κ1) is 25.2. The molecule has 0 bridgehead atoms. The van der Waals surface area contributed by atoms with Crippen LogP contribution in [0.2, 0.25) is 0 Å². The van der Waals surface area contributed by atoms with Crippen LogP contribution >= 0.6 is 0 Å². The van der Waals surface area contributed by atoms with Crippen LogP contribution in [-0.2, 0) is 16.1 Å². The van der Waals surface area contributed by atoms with E-state index in [9.17, 15) is 22.8 Å². The van der Waals surface area contributed by atoms with Gasteiger partial charge in [-0.3, -0.25) is 9.69 Å². The molecule has 0 saturated carbocycles. The lowest BCUT2D eigenvalue weighted by Crippen LogP contribution is -2.49. The fourth-order valence-electron chi connectivity index (χ4n) is 4.13. The van der Waals surface area contributed by atoms with Crippen LogP contribution in [0.5, 0.6) is 11.5 Å². The Hall–Kier alpha value is -3.43. The first-order chi connectivity index (χ1) is 16.1. The molecule has 0 radical (unpaired) electrons. The molecule has 2 atom stereocenters. The number of fused-ring (bicyclic) bond motifs is 1. The van der Waals surface area contributed by atoms with Crippen LogP contribution in [0.15, 0.2) is 42.5 Å². The predicted molar refractivity (Wildman–Crippen MR) is 119 cm³/mol. The molecule has 0 aromatic heterocycles. The van der Waals surface area contributed by atoms with Crippen molar-refractivity contribution in [2.75, 3.05) is 25.7 Å². The predicted octanol–water partition coefficient (Wildman–Crippen LogP) is 5.09. The van der Waals surface area contributed by atoms with Gasteiger partial charge in [-0.1, -0.05) is 30.3 Å². The Labute approximate surface area is 196 Å². The highest BCUT2D eigenvalue weighted by Crippen LogP contribution is 2.46. The van der Waals surface area contributed by atoms with Gasteiger partial charge in [-0.25, -0.2) is 9.69 Å². The highest BCUT2D eigenvalue weighted by Gasteiger charge is 2.47. The molecule has 1 heterocycles. The molecule has 7 nitrogen and oxygen atoms in total. The molecule has 0 aliphatic carbocycles. The molecule has 2 aromatic carbocycles. The van der Waals surface area contributed by atoms with Crippen molar-refractivity contribution in [3.8, 4) is 11.5 Å². The lowest BCUT2D eigenvalue weighted by atomic mass is 9.84. The fraction of sp³-hybridized carbons (Fsp3) is 0.417. The number of hydrogen-bond donors (Lipinski definition) is 0. The Morgan fingerprint density at radius 3 is 2.26 bits per heavy atom. The summed E-state index contributed by atoms with van der Waals surface area (Å²) in [5.74, 6) is -1.77. The second kappa shape index (κ2) is 10.2. The highest BCUT2D eigenvalue weighted by molar-refractivity contribution is 5.95. The molecule has 184 valence electrons. The molecule has 0 spiro atoms. The first-order valence-electron chi connectivity index (χ1n) is 10.8. The van der Waals surface area contributed by atoms with Gasteiger partial charge in [-0.2, -0.15) is 0 Å². The number of nitrogens with zero attached hydrogens (tertiary/aromatic N) is 2. The maximum atomic E-state index is 14.0. The summed E-state index contributed by atoms with van der Waals surface area (Å²) in [7, 11) is 2.78. The number of ether oxygens (including phenoxy) is 3.